The van der Waals surface area contributed by atoms with Crippen LogP contribution in [-0.4, -0.2) is 24.2 Å². The minimum Gasteiger partial charge on any atom is -0.478 e. The fourth-order valence-corrected chi connectivity index (χ4v) is 3.01. The number of carbonyl (C=O) groups is 2. The Bertz CT molecular complexity index is 810. The third-order valence-corrected chi connectivity index (χ3v) is 4.73. The highest BCUT2D eigenvalue weighted by molar-refractivity contribution is 9.08. The van der Waals surface area contributed by atoms with Gasteiger partial charge in [-0.1, -0.05) is 44.0 Å². The Balaban J connectivity index is 0.000000260. The number of carboxylic acids is 1. The first-order valence-corrected chi connectivity index (χ1v) is 9.51. The zero-order valence-corrected chi connectivity index (χ0v) is 17.2. The molecule has 0 radical (unpaired) electrons. The number of methoxy groups -OCH3 is 1. The average molecular weight is 494 g/mol. The Morgan fingerprint density at radius 3 is 2.19 bits per heavy atom. The molecule has 8 heteroatoms. The number of carbonyl (C=O) groups excluding carboxylic acids is 1. The minimum absolute atomic E-state index is 0.0283. The fourth-order valence-electron chi connectivity index (χ4n) is 2.05. The highest BCUT2D eigenvalue weighted by atomic mass is 79.9. The van der Waals surface area contributed by atoms with Crippen LogP contribution in [0.15, 0.2) is 30.3 Å². The van der Waals surface area contributed by atoms with Crippen LogP contribution in [0.25, 0.3) is 0 Å². The van der Waals surface area contributed by atoms with Gasteiger partial charge in [-0.25, -0.2) is 18.4 Å². The molecular weight excluding hydrogens is 478 g/mol. The number of carboxylic acid groups (broad SMARTS) is 1. The van der Waals surface area contributed by atoms with E-state index >= 15 is 0 Å². The Labute approximate surface area is 166 Å². The summed E-state index contributed by atoms with van der Waals surface area (Å²) in [6.07, 6.45) is 0. The van der Waals surface area contributed by atoms with Gasteiger partial charge in [0.05, 0.1) is 18.2 Å². The van der Waals surface area contributed by atoms with Crippen LogP contribution in [0.1, 0.15) is 37.4 Å². The van der Waals surface area contributed by atoms with Gasteiger partial charge in [-0.3, -0.25) is 0 Å². The van der Waals surface area contributed by atoms with Crippen LogP contribution in [0.4, 0.5) is 8.78 Å². The fraction of sp³-hybridized carbons (Fsp3) is 0.222. The number of ether oxygens (including phenoxy) is 1. The molecule has 0 saturated carbocycles. The average Bonchev–Trinajstić information content (AvgIpc) is 2.62. The van der Waals surface area contributed by atoms with Crippen molar-refractivity contribution in [3.05, 3.63) is 69.8 Å². The summed E-state index contributed by atoms with van der Waals surface area (Å²) < 4.78 is 30.5. The summed E-state index contributed by atoms with van der Waals surface area (Å²) in [6.45, 7) is 1.60. The second kappa shape index (κ2) is 10.4. The van der Waals surface area contributed by atoms with Gasteiger partial charge in [0.25, 0.3) is 0 Å². The molecule has 26 heavy (non-hydrogen) atoms. The Kier molecular flexibility index (Phi) is 8.87. The van der Waals surface area contributed by atoms with E-state index in [1.54, 1.807) is 19.1 Å². The van der Waals surface area contributed by atoms with E-state index in [2.05, 4.69) is 36.6 Å². The van der Waals surface area contributed by atoms with Crippen LogP contribution in [0.3, 0.4) is 0 Å². The van der Waals surface area contributed by atoms with Crippen LogP contribution in [-0.2, 0) is 15.4 Å². The smallest absolute Gasteiger partial charge is 0.340 e. The van der Waals surface area contributed by atoms with Crippen LogP contribution < -0.4 is 0 Å². The van der Waals surface area contributed by atoms with Gasteiger partial charge in [-0.05, 0) is 41.8 Å². The molecule has 0 fully saturated rings. The SMILES string of the molecule is COC(=O)c1cc(CBr)ccc1F.Cc1c(CBr)ccc(F)c1C(=O)O. The van der Waals surface area contributed by atoms with Crippen LogP contribution in [0.5, 0.6) is 0 Å². The molecule has 1 N–H and O–H groups in total. The topological polar surface area (TPSA) is 63.6 Å². The highest BCUT2D eigenvalue weighted by Crippen LogP contribution is 2.19. The van der Waals surface area contributed by atoms with Crippen molar-refractivity contribution in [1.29, 1.82) is 0 Å². The molecule has 0 amide bonds. The maximum Gasteiger partial charge on any atom is 0.340 e. The summed E-state index contributed by atoms with van der Waals surface area (Å²) in [6, 6.07) is 7.08. The van der Waals surface area contributed by atoms with E-state index in [0.29, 0.717) is 16.2 Å². The zero-order chi connectivity index (χ0) is 19.9. The summed E-state index contributed by atoms with van der Waals surface area (Å²) >= 11 is 6.41. The predicted octanol–water partition coefficient (Wildman–Crippen LogP) is 5.23. The highest BCUT2D eigenvalue weighted by Gasteiger charge is 2.15. The van der Waals surface area contributed by atoms with Gasteiger partial charge in [0.15, 0.2) is 0 Å². The maximum absolute atomic E-state index is 13.0. The largest absolute Gasteiger partial charge is 0.478 e. The molecule has 140 valence electrons. The monoisotopic (exact) mass is 492 g/mol. The molecule has 0 unspecified atom stereocenters. The van der Waals surface area contributed by atoms with E-state index in [9.17, 15) is 18.4 Å². The van der Waals surface area contributed by atoms with Crippen molar-refractivity contribution in [3.8, 4) is 0 Å². The van der Waals surface area contributed by atoms with Crippen LogP contribution in [0, 0.1) is 18.6 Å². The molecule has 0 heterocycles. The first-order valence-electron chi connectivity index (χ1n) is 7.26. The predicted molar refractivity (Wildman–Crippen MR) is 101 cm³/mol. The van der Waals surface area contributed by atoms with Crippen molar-refractivity contribution in [3.63, 3.8) is 0 Å². The lowest BCUT2D eigenvalue weighted by molar-refractivity contribution is 0.0594. The molecule has 0 spiro atoms. The Morgan fingerprint density at radius 1 is 1.08 bits per heavy atom. The summed E-state index contributed by atoms with van der Waals surface area (Å²) in [7, 11) is 1.22. The lowest BCUT2D eigenvalue weighted by Crippen LogP contribution is -2.05. The van der Waals surface area contributed by atoms with Gasteiger partial charge in [0, 0.05) is 10.7 Å². The summed E-state index contributed by atoms with van der Waals surface area (Å²) in [5, 5.41) is 9.82. The molecule has 0 aliphatic carbocycles. The lowest BCUT2D eigenvalue weighted by Gasteiger charge is -2.06. The molecule has 0 aromatic heterocycles. The quantitative estimate of drug-likeness (QED) is 0.467. The van der Waals surface area contributed by atoms with Crippen molar-refractivity contribution in [2.24, 2.45) is 0 Å². The molecule has 0 atom stereocenters. The molecule has 2 aromatic carbocycles. The number of halogens is 4. The van der Waals surface area contributed by atoms with Gasteiger partial charge in [0.1, 0.15) is 11.6 Å². The van der Waals surface area contributed by atoms with Gasteiger partial charge < -0.3 is 9.84 Å². The van der Waals surface area contributed by atoms with Gasteiger partial charge in [-0.2, -0.15) is 0 Å². The third kappa shape index (κ3) is 5.60. The molecule has 4 nitrogen and oxygen atoms in total. The molecule has 0 aliphatic heterocycles. The molecule has 2 rings (SSSR count). The van der Waals surface area contributed by atoms with Crippen LogP contribution in [0.2, 0.25) is 0 Å². The third-order valence-electron chi connectivity index (χ3n) is 3.47. The van der Waals surface area contributed by atoms with E-state index < -0.39 is 23.6 Å². The summed E-state index contributed by atoms with van der Waals surface area (Å²) in [5.74, 6) is -3.12. The van der Waals surface area contributed by atoms with Crippen molar-refractivity contribution < 1.29 is 28.2 Å². The van der Waals surface area contributed by atoms with Gasteiger partial charge in [0.2, 0.25) is 0 Å². The number of alkyl halides is 2. The lowest BCUT2D eigenvalue weighted by atomic mass is 10.0. The van der Waals surface area contributed by atoms with Crippen molar-refractivity contribution in [1.82, 2.24) is 0 Å². The first kappa shape index (κ1) is 22.2. The maximum atomic E-state index is 13.0. The van der Waals surface area contributed by atoms with Gasteiger partial charge in [-0.15, -0.1) is 0 Å². The van der Waals surface area contributed by atoms with E-state index in [0.717, 1.165) is 11.1 Å². The van der Waals surface area contributed by atoms with Crippen LogP contribution >= 0.6 is 31.9 Å². The van der Waals surface area contributed by atoms with Crippen molar-refractivity contribution in [2.75, 3.05) is 7.11 Å². The number of rotatable bonds is 4. The van der Waals surface area contributed by atoms with Crippen molar-refractivity contribution >= 4 is 43.8 Å². The standard InChI is InChI=1S/2C9H8BrFO2/c1-13-9(12)7-4-6(5-10)2-3-8(7)11;1-5-6(4-10)2-3-7(11)8(5)9(12)13/h2-4H,5H2,1H3;2-3H,4H2,1H3,(H,12,13). The van der Waals surface area contributed by atoms with Crippen molar-refractivity contribution in [2.45, 2.75) is 17.6 Å². The molecule has 2 aromatic rings. The molecule has 0 bridgehead atoms. The number of benzene rings is 2. The summed E-state index contributed by atoms with van der Waals surface area (Å²) in [5.41, 5.74) is 1.83. The second-order valence-electron chi connectivity index (χ2n) is 5.08. The number of esters is 1. The van der Waals surface area contributed by atoms with E-state index in [-0.39, 0.29) is 11.1 Å². The molecular formula is C18H16Br2F2O4. The number of hydrogen-bond donors (Lipinski definition) is 1. The van der Waals surface area contributed by atoms with E-state index in [4.69, 9.17) is 5.11 Å². The zero-order valence-electron chi connectivity index (χ0n) is 14.0. The summed E-state index contributed by atoms with van der Waals surface area (Å²) in [4.78, 5) is 21.7. The second-order valence-corrected chi connectivity index (χ2v) is 6.21. The Hall–Kier alpha value is -1.80. The first-order chi connectivity index (χ1) is 12.3. The van der Waals surface area contributed by atoms with Gasteiger partial charge >= 0.3 is 11.9 Å². The number of aromatic carboxylic acids is 1. The molecule has 0 saturated heterocycles. The van der Waals surface area contributed by atoms with E-state index in [1.165, 1.54) is 25.3 Å². The molecule has 0 aliphatic rings. The Morgan fingerprint density at radius 2 is 1.69 bits per heavy atom. The normalized spacial score (nSPS) is 9.92. The minimum atomic E-state index is -1.22. The number of hydrogen-bond acceptors (Lipinski definition) is 3. The van der Waals surface area contributed by atoms with E-state index in [1.807, 2.05) is 0 Å².